The van der Waals surface area contributed by atoms with Gasteiger partial charge in [0.1, 0.15) is 28.9 Å². The van der Waals surface area contributed by atoms with Crippen molar-refractivity contribution in [3.63, 3.8) is 0 Å². The van der Waals surface area contributed by atoms with E-state index in [1.54, 1.807) is 60.7 Å². The van der Waals surface area contributed by atoms with Crippen LogP contribution in [-0.4, -0.2) is 62.9 Å². The molecule has 3 saturated heterocycles. The van der Waals surface area contributed by atoms with E-state index < -0.39 is 30.2 Å². The Morgan fingerprint density at radius 3 is 2.15 bits per heavy atom. The maximum Gasteiger partial charge on any atom is 0.408 e. The van der Waals surface area contributed by atoms with Crippen molar-refractivity contribution < 1.29 is 42.8 Å². The smallest absolute Gasteiger partial charge is 0.408 e. The van der Waals surface area contributed by atoms with E-state index in [0.29, 0.717) is 50.0 Å². The number of methoxy groups -OCH3 is 2. The number of nitrogens with one attached hydrogen (secondary N) is 1. The molecule has 3 aliphatic rings. The Balaban J connectivity index is 1.01. The first kappa shape index (κ1) is 41.3. The first-order valence-corrected chi connectivity index (χ1v) is 19.9. The molecule has 4 heterocycles. The van der Waals surface area contributed by atoms with Crippen molar-refractivity contribution in [2.45, 2.75) is 44.1 Å². The third kappa shape index (κ3) is 10.1. The molecule has 3 aliphatic heterocycles. The number of amides is 1. The Labute approximate surface area is 352 Å². The van der Waals surface area contributed by atoms with Crippen LogP contribution in [0.1, 0.15) is 73.5 Å². The van der Waals surface area contributed by atoms with Crippen molar-refractivity contribution in [1.82, 2.24) is 10.2 Å². The molecule has 1 amide bonds. The molecule has 3 fully saturated rings. The number of esters is 2. The maximum absolute atomic E-state index is 13.5. The van der Waals surface area contributed by atoms with Gasteiger partial charge in [-0.25, -0.2) is 14.4 Å². The Hall–Kier alpha value is -5.82. The lowest BCUT2D eigenvalue weighted by Gasteiger charge is -2.43. The Bertz CT molecular complexity index is 2260. The minimum atomic E-state index is -0.885. The van der Waals surface area contributed by atoms with Gasteiger partial charge in [0.2, 0.25) is 0 Å². The van der Waals surface area contributed by atoms with Gasteiger partial charge in [-0.05, 0) is 90.5 Å². The summed E-state index contributed by atoms with van der Waals surface area (Å²) in [6.45, 7) is 2.76. The standard InChI is InChI=1S/C45H43Cl2N3O9/c1-55-38-16-15-32(22-40(38)56-2)39(23-35-36(46)24-50(54)25-37(35)47)58-44(52)31-13-11-28(12-14-31)27-57-43(51)34-10-6-9-33(21-34)42(30-7-4-3-5-8-30)48-45(53)59-41-26-49-19-17-29(41)18-20-49/h3-16,21-22,24-25,29,39,41-42H,17-20,23,26-27H2,1-2H3,(H,48,53)/t39-,41-,42-/m0/s1. The number of aromatic nitrogens is 1. The molecule has 0 unspecified atom stereocenters. The lowest BCUT2D eigenvalue weighted by Crippen LogP contribution is -2.52. The highest BCUT2D eigenvalue weighted by atomic mass is 35.5. The number of piperidine rings is 3. The number of hydrogen-bond donors (Lipinski definition) is 1. The van der Waals surface area contributed by atoms with Gasteiger partial charge in [-0.3, -0.25) is 4.90 Å². The lowest BCUT2D eigenvalue weighted by atomic mass is 9.86. The highest BCUT2D eigenvalue weighted by Gasteiger charge is 2.37. The van der Waals surface area contributed by atoms with E-state index in [9.17, 15) is 19.6 Å². The van der Waals surface area contributed by atoms with Gasteiger partial charge in [0.25, 0.3) is 0 Å². The number of fused-ring (bicyclic) bond motifs is 3. The summed E-state index contributed by atoms with van der Waals surface area (Å²) >= 11 is 12.8. The number of nitrogens with zero attached hydrogens (tertiary/aromatic N) is 2. The van der Waals surface area contributed by atoms with Crippen LogP contribution in [0, 0.1) is 11.1 Å². The zero-order valence-corrected chi connectivity index (χ0v) is 34.0. The normalized spacial score (nSPS) is 17.9. The summed E-state index contributed by atoms with van der Waals surface area (Å²) in [4.78, 5) is 42.5. The zero-order chi connectivity index (χ0) is 41.5. The van der Waals surface area contributed by atoms with E-state index in [4.69, 9.17) is 46.9 Å². The molecule has 1 aromatic heterocycles. The number of ether oxygens (including phenoxy) is 5. The molecular formula is C45H43Cl2N3O9. The van der Waals surface area contributed by atoms with Gasteiger partial charge >= 0.3 is 18.0 Å². The van der Waals surface area contributed by atoms with Gasteiger partial charge in [0.15, 0.2) is 23.9 Å². The number of pyridine rings is 1. The van der Waals surface area contributed by atoms with E-state index in [1.807, 2.05) is 36.4 Å². The molecule has 306 valence electrons. The fourth-order valence-corrected chi connectivity index (χ4v) is 8.14. The van der Waals surface area contributed by atoms with Crippen molar-refractivity contribution in [3.8, 4) is 11.5 Å². The second kappa shape index (κ2) is 18.8. The maximum atomic E-state index is 13.5. The number of carbonyl (C=O) groups excluding carboxylic acids is 3. The van der Waals surface area contributed by atoms with Crippen molar-refractivity contribution in [1.29, 1.82) is 0 Å². The van der Waals surface area contributed by atoms with Crippen molar-refractivity contribution in [2.75, 3.05) is 33.9 Å². The van der Waals surface area contributed by atoms with Crippen LogP contribution in [0.2, 0.25) is 10.0 Å². The SMILES string of the molecule is COc1ccc([C@H](Cc2c(Cl)c[n+]([O-])cc2Cl)OC(=O)c2ccc(COC(=O)c3cccc([C@@H](NC(=O)O[C@H]4CN5CCC4CC5)c4ccccc4)c3)cc2)cc1OC. The number of halogens is 2. The molecule has 0 spiro atoms. The van der Waals surface area contributed by atoms with E-state index in [2.05, 4.69) is 10.2 Å². The summed E-state index contributed by atoms with van der Waals surface area (Å²) in [5.74, 6) is 0.0777. The summed E-state index contributed by atoms with van der Waals surface area (Å²) in [6, 6.07) is 27.5. The van der Waals surface area contributed by atoms with Crippen LogP contribution in [-0.2, 0) is 27.2 Å². The minimum absolute atomic E-state index is 0.0565. The predicted octanol–water partition coefficient (Wildman–Crippen LogP) is 8.05. The van der Waals surface area contributed by atoms with E-state index >= 15 is 0 Å². The van der Waals surface area contributed by atoms with E-state index in [0.717, 1.165) is 38.0 Å². The second-order valence-electron chi connectivity index (χ2n) is 14.5. The van der Waals surface area contributed by atoms with Crippen LogP contribution in [0.25, 0.3) is 0 Å². The quantitative estimate of drug-likeness (QED) is 0.0506. The third-order valence-electron chi connectivity index (χ3n) is 10.7. The molecule has 0 radical (unpaired) electrons. The molecule has 5 aromatic rings. The van der Waals surface area contributed by atoms with Crippen LogP contribution in [0.15, 0.2) is 109 Å². The van der Waals surface area contributed by atoms with Gasteiger partial charge in [0.05, 0.1) is 31.4 Å². The molecular weight excluding hydrogens is 797 g/mol. The van der Waals surface area contributed by atoms with E-state index in [1.165, 1.54) is 26.6 Å². The topological polar surface area (TPSA) is 140 Å². The minimum Gasteiger partial charge on any atom is -0.619 e. The van der Waals surface area contributed by atoms with Crippen LogP contribution >= 0.6 is 23.2 Å². The van der Waals surface area contributed by atoms with Crippen molar-refractivity contribution in [3.05, 3.63) is 164 Å². The summed E-state index contributed by atoms with van der Waals surface area (Å²) in [7, 11) is 3.01. The first-order chi connectivity index (χ1) is 28.6. The summed E-state index contributed by atoms with van der Waals surface area (Å²) in [5, 5.41) is 15.2. The highest BCUT2D eigenvalue weighted by Crippen LogP contribution is 2.36. The fourth-order valence-electron chi connectivity index (χ4n) is 7.54. The number of benzene rings is 4. The third-order valence-corrected chi connectivity index (χ3v) is 11.4. The van der Waals surface area contributed by atoms with Gasteiger partial charge in [-0.15, -0.1) is 0 Å². The average Bonchev–Trinajstić information content (AvgIpc) is 3.26. The molecule has 12 nitrogen and oxygen atoms in total. The van der Waals surface area contributed by atoms with Crippen molar-refractivity contribution in [2.24, 2.45) is 5.92 Å². The van der Waals surface area contributed by atoms with Crippen LogP contribution in [0.3, 0.4) is 0 Å². The van der Waals surface area contributed by atoms with Gasteiger partial charge in [-0.2, -0.15) is 4.73 Å². The largest absolute Gasteiger partial charge is 0.619 e. The highest BCUT2D eigenvalue weighted by molar-refractivity contribution is 6.35. The summed E-state index contributed by atoms with van der Waals surface area (Å²) in [5.41, 5.74) is 3.71. The van der Waals surface area contributed by atoms with Crippen LogP contribution in [0.5, 0.6) is 11.5 Å². The number of carbonyl (C=O) groups is 3. The number of rotatable bonds is 14. The Morgan fingerprint density at radius 2 is 1.49 bits per heavy atom. The molecule has 4 aromatic carbocycles. The second-order valence-corrected chi connectivity index (χ2v) is 15.3. The number of alkyl carbamates (subject to hydrolysis) is 1. The molecule has 0 saturated carbocycles. The molecule has 8 rings (SSSR count). The average molecular weight is 841 g/mol. The monoisotopic (exact) mass is 839 g/mol. The summed E-state index contributed by atoms with van der Waals surface area (Å²) < 4.78 is 29.0. The van der Waals surface area contributed by atoms with Gasteiger partial charge in [-0.1, -0.05) is 83.9 Å². The van der Waals surface area contributed by atoms with E-state index in [-0.39, 0.29) is 34.7 Å². The molecule has 14 heteroatoms. The van der Waals surface area contributed by atoms with Crippen LogP contribution < -0.4 is 19.5 Å². The van der Waals surface area contributed by atoms with Gasteiger partial charge in [0, 0.05) is 18.5 Å². The zero-order valence-electron chi connectivity index (χ0n) is 32.5. The first-order valence-electron chi connectivity index (χ1n) is 19.2. The summed E-state index contributed by atoms with van der Waals surface area (Å²) in [6.07, 6.45) is 2.92. The molecule has 1 N–H and O–H groups in total. The van der Waals surface area contributed by atoms with Crippen LogP contribution in [0.4, 0.5) is 4.79 Å². The number of hydrogen-bond acceptors (Lipinski definition) is 10. The Kier molecular flexibility index (Phi) is 13.2. The molecule has 59 heavy (non-hydrogen) atoms. The Morgan fingerprint density at radius 1 is 0.797 bits per heavy atom. The fraction of sp³-hybridized carbons (Fsp3) is 0.289. The van der Waals surface area contributed by atoms with Crippen molar-refractivity contribution >= 4 is 41.2 Å². The molecule has 2 bridgehead atoms. The molecule has 0 aliphatic carbocycles. The lowest BCUT2D eigenvalue weighted by molar-refractivity contribution is -0.605. The predicted molar refractivity (Wildman–Crippen MR) is 220 cm³/mol. The van der Waals surface area contributed by atoms with Gasteiger partial charge < -0.3 is 34.2 Å². The molecule has 3 atom stereocenters.